The van der Waals surface area contributed by atoms with Crippen molar-refractivity contribution in [2.24, 2.45) is 11.3 Å². The number of amides is 1. The summed E-state index contributed by atoms with van der Waals surface area (Å²) in [6.07, 6.45) is 0.501. The molecular weight excluding hydrogens is 466 g/mol. The van der Waals surface area contributed by atoms with Crippen LogP contribution in [0, 0.1) is 11.3 Å². The number of carbonyl (C=O) groups excluding carboxylic acids is 1. The van der Waals surface area contributed by atoms with Crippen LogP contribution in [0.25, 0.3) is 5.57 Å². The average molecular weight is 496 g/mol. The Morgan fingerprint density at radius 3 is 2.61 bits per heavy atom. The maximum atomic E-state index is 13.1. The van der Waals surface area contributed by atoms with Crippen LogP contribution in [0.15, 0.2) is 26.4 Å². The molecule has 0 bridgehead atoms. The standard InChI is InChI=1S/C22H29N3O6S2/c1-10-17(16(19(29)30)25-18(10)22(11(2)27,12(3)28)20(25)31)33-21-23-15(9-32-21)13-5-6-24(4)14(7-13)8-26/h5,9-12,14,18,26-28H,6-8H2,1-4H3,(H,29,30)/t10?,11-,12-,14+,18?/m1/s1. The molecule has 1 amide bonds. The second-order valence-electron chi connectivity index (χ2n) is 9.02. The number of hydrogen-bond acceptors (Lipinski definition) is 9. The van der Waals surface area contributed by atoms with Crippen LogP contribution in [0.4, 0.5) is 0 Å². The van der Waals surface area contributed by atoms with Crippen LogP contribution in [0.3, 0.4) is 0 Å². The molecule has 4 rings (SSSR count). The van der Waals surface area contributed by atoms with Gasteiger partial charge >= 0.3 is 5.97 Å². The zero-order chi connectivity index (χ0) is 24.2. The van der Waals surface area contributed by atoms with Gasteiger partial charge in [0, 0.05) is 28.8 Å². The molecule has 0 saturated carbocycles. The fourth-order valence-corrected chi connectivity index (χ4v) is 7.47. The van der Waals surface area contributed by atoms with E-state index in [2.05, 4.69) is 11.0 Å². The van der Waals surface area contributed by atoms with Crippen LogP contribution in [0.5, 0.6) is 0 Å². The van der Waals surface area contributed by atoms with Crippen LogP contribution < -0.4 is 0 Å². The molecule has 0 aliphatic carbocycles. The maximum Gasteiger partial charge on any atom is 0.353 e. The molecule has 1 aromatic heterocycles. The minimum absolute atomic E-state index is 0.0301. The molecule has 1 fully saturated rings. The first-order chi connectivity index (χ1) is 15.5. The number of aromatic nitrogens is 1. The number of aliphatic carboxylic acids is 1. The van der Waals surface area contributed by atoms with Gasteiger partial charge in [-0.15, -0.1) is 11.3 Å². The van der Waals surface area contributed by atoms with Crippen molar-refractivity contribution >= 4 is 40.5 Å². The number of hydrogen-bond donors (Lipinski definition) is 4. The summed E-state index contributed by atoms with van der Waals surface area (Å²) in [4.78, 5) is 33.7. The first-order valence-corrected chi connectivity index (χ1v) is 12.6. The molecular formula is C22H29N3O6S2. The molecule has 3 aliphatic heterocycles. The molecule has 1 aromatic rings. The number of nitrogens with zero attached hydrogens (tertiary/aromatic N) is 3. The third kappa shape index (κ3) is 3.57. The van der Waals surface area contributed by atoms with Gasteiger partial charge < -0.3 is 20.4 Å². The maximum absolute atomic E-state index is 13.1. The Bertz CT molecular complexity index is 1030. The van der Waals surface area contributed by atoms with Crippen molar-refractivity contribution in [3.8, 4) is 0 Å². The monoisotopic (exact) mass is 495 g/mol. The number of aliphatic hydroxyl groups excluding tert-OH is 3. The van der Waals surface area contributed by atoms with Crippen molar-refractivity contribution in [3.63, 3.8) is 0 Å². The van der Waals surface area contributed by atoms with Gasteiger partial charge in [-0.05, 0) is 32.9 Å². The smallest absolute Gasteiger partial charge is 0.353 e. The number of carboxylic acids is 1. The Kier molecular flexibility index (Phi) is 6.49. The number of likely N-dealkylation sites (N-methyl/N-ethyl adjacent to an activating group) is 1. The van der Waals surface area contributed by atoms with Gasteiger partial charge in [0.15, 0.2) is 4.34 Å². The number of β-lactam (4-membered cyclic amide) rings is 1. The van der Waals surface area contributed by atoms with Crippen molar-refractivity contribution in [1.82, 2.24) is 14.8 Å². The fourth-order valence-electron chi connectivity index (χ4n) is 5.37. The fraction of sp³-hybridized carbons (Fsp3) is 0.591. The number of carbonyl (C=O) groups is 2. The van der Waals surface area contributed by atoms with Crippen molar-refractivity contribution < 1.29 is 30.0 Å². The summed E-state index contributed by atoms with van der Waals surface area (Å²) in [6.45, 7) is 5.52. The van der Waals surface area contributed by atoms with E-state index in [0.29, 0.717) is 22.2 Å². The van der Waals surface area contributed by atoms with Gasteiger partial charge in [-0.2, -0.15) is 0 Å². The zero-order valence-electron chi connectivity index (χ0n) is 18.9. The second kappa shape index (κ2) is 8.79. The minimum atomic E-state index is -1.44. The van der Waals surface area contributed by atoms with Crippen molar-refractivity contribution in [1.29, 1.82) is 0 Å². The van der Waals surface area contributed by atoms with Crippen LogP contribution in [-0.4, -0.2) is 91.6 Å². The molecule has 5 atom stereocenters. The summed E-state index contributed by atoms with van der Waals surface area (Å²) in [5, 5.41) is 42.3. The van der Waals surface area contributed by atoms with Crippen LogP contribution >= 0.6 is 23.1 Å². The van der Waals surface area contributed by atoms with Gasteiger partial charge in [0.25, 0.3) is 0 Å². The van der Waals surface area contributed by atoms with Gasteiger partial charge in [0.2, 0.25) is 5.91 Å². The Labute approximate surface area is 200 Å². The number of carboxylic acid groups (broad SMARTS) is 1. The van der Waals surface area contributed by atoms with Crippen LogP contribution in [-0.2, 0) is 9.59 Å². The molecule has 11 heteroatoms. The number of thiazole rings is 1. The zero-order valence-corrected chi connectivity index (χ0v) is 20.6. The van der Waals surface area contributed by atoms with E-state index in [9.17, 15) is 30.0 Å². The molecule has 4 N–H and O–H groups in total. The van der Waals surface area contributed by atoms with Crippen LogP contribution in [0.1, 0.15) is 32.9 Å². The first-order valence-electron chi connectivity index (χ1n) is 10.9. The van der Waals surface area contributed by atoms with Crippen molar-refractivity contribution in [3.05, 3.63) is 27.8 Å². The Balaban J connectivity index is 1.63. The summed E-state index contributed by atoms with van der Waals surface area (Å²) in [5.74, 6) is -2.18. The summed E-state index contributed by atoms with van der Waals surface area (Å²) >= 11 is 2.62. The lowest BCUT2D eigenvalue weighted by Gasteiger charge is -2.57. The highest BCUT2D eigenvalue weighted by atomic mass is 32.2. The largest absolute Gasteiger partial charge is 0.477 e. The normalized spacial score (nSPS) is 28.9. The van der Waals surface area contributed by atoms with Gasteiger partial charge in [0.1, 0.15) is 11.1 Å². The van der Waals surface area contributed by atoms with E-state index in [1.807, 2.05) is 19.4 Å². The van der Waals surface area contributed by atoms with Gasteiger partial charge in [0.05, 0.1) is 30.6 Å². The van der Waals surface area contributed by atoms with Gasteiger partial charge in [-0.1, -0.05) is 24.8 Å². The van der Waals surface area contributed by atoms with E-state index in [1.54, 1.807) is 0 Å². The lowest BCUT2D eigenvalue weighted by atomic mass is 9.61. The number of thioether (sulfide) groups is 1. The molecule has 9 nitrogen and oxygen atoms in total. The third-order valence-electron chi connectivity index (χ3n) is 7.23. The highest BCUT2D eigenvalue weighted by molar-refractivity contribution is 8.04. The van der Waals surface area contributed by atoms with Crippen molar-refractivity contribution in [2.75, 3.05) is 20.2 Å². The van der Waals surface area contributed by atoms with E-state index in [1.165, 1.54) is 41.8 Å². The van der Waals surface area contributed by atoms with Crippen molar-refractivity contribution in [2.45, 2.75) is 55.8 Å². The highest BCUT2D eigenvalue weighted by Crippen LogP contribution is 2.59. The minimum Gasteiger partial charge on any atom is -0.477 e. The molecule has 0 radical (unpaired) electrons. The predicted molar refractivity (Wildman–Crippen MR) is 124 cm³/mol. The lowest BCUT2D eigenvalue weighted by molar-refractivity contribution is -0.202. The van der Waals surface area contributed by atoms with Gasteiger partial charge in [-0.3, -0.25) is 14.6 Å². The molecule has 2 unspecified atom stereocenters. The molecule has 4 heterocycles. The van der Waals surface area contributed by atoms with E-state index in [-0.39, 0.29) is 18.3 Å². The summed E-state index contributed by atoms with van der Waals surface area (Å²) in [7, 11) is 1.96. The summed E-state index contributed by atoms with van der Waals surface area (Å²) in [6, 6.07) is -0.609. The summed E-state index contributed by atoms with van der Waals surface area (Å²) < 4.78 is 0.653. The van der Waals surface area contributed by atoms with E-state index in [0.717, 1.165) is 11.3 Å². The van der Waals surface area contributed by atoms with Gasteiger partial charge in [-0.25, -0.2) is 9.78 Å². The number of rotatable bonds is 7. The molecule has 180 valence electrons. The first kappa shape index (κ1) is 24.4. The van der Waals surface area contributed by atoms with E-state index in [4.69, 9.17) is 4.98 Å². The molecule has 3 aliphatic rings. The number of fused-ring (bicyclic) bond motifs is 1. The topological polar surface area (TPSA) is 134 Å². The predicted octanol–water partition coefficient (Wildman–Crippen LogP) is 1.22. The molecule has 33 heavy (non-hydrogen) atoms. The molecule has 1 saturated heterocycles. The highest BCUT2D eigenvalue weighted by Gasteiger charge is 2.72. The quantitative estimate of drug-likeness (QED) is 0.412. The van der Waals surface area contributed by atoms with E-state index >= 15 is 0 Å². The van der Waals surface area contributed by atoms with Crippen LogP contribution in [0.2, 0.25) is 0 Å². The van der Waals surface area contributed by atoms with E-state index < -0.39 is 41.5 Å². The summed E-state index contributed by atoms with van der Waals surface area (Å²) in [5.41, 5.74) is 0.312. The Hall–Kier alpha value is -1.76. The molecule has 0 spiro atoms. The Morgan fingerprint density at radius 1 is 1.36 bits per heavy atom. The number of aliphatic hydroxyl groups is 3. The third-order valence-corrected chi connectivity index (χ3v) is 9.45. The average Bonchev–Trinajstić information content (AvgIpc) is 3.30. The second-order valence-corrected chi connectivity index (χ2v) is 11.2. The Morgan fingerprint density at radius 2 is 2.03 bits per heavy atom. The molecule has 0 aromatic carbocycles. The lowest BCUT2D eigenvalue weighted by Crippen LogP contribution is -2.76. The SMILES string of the molecule is CC1C(Sc2nc(C3=CCN(C)[C@H](CO)C3)cs2)=C(C(=O)O)N2C(=O)C([C@@H](C)O)([C@@H](C)O)C12.